The molecule has 3 rings (SSSR count). The van der Waals surface area contributed by atoms with Crippen LogP contribution in [0.5, 0.6) is 0 Å². The van der Waals surface area contributed by atoms with Crippen molar-refractivity contribution in [3.05, 3.63) is 82.6 Å². The summed E-state index contributed by atoms with van der Waals surface area (Å²) in [5.41, 5.74) is 11.0. The molecule has 33 heavy (non-hydrogen) atoms. The van der Waals surface area contributed by atoms with Crippen LogP contribution in [0.25, 0.3) is 11.1 Å². The summed E-state index contributed by atoms with van der Waals surface area (Å²) in [5.74, 6) is -0.647. The Kier molecular flexibility index (Phi) is 7.76. The van der Waals surface area contributed by atoms with E-state index in [0.717, 1.165) is 32.1 Å². The van der Waals surface area contributed by atoms with Gasteiger partial charge in [0.05, 0.1) is 16.5 Å². The normalized spacial score (nSPS) is 12.4. The molecule has 0 aliphatic rings. The number of benzene rings is 2. The number of nitrogens with zero attached hydrogens (tertiary/aromatic N) is 2. The molecule has 0 saturated carbocycles. The first-order valence-corrected chi connectivity index (χ1v) is 12.6. The van der Waals surface area contributed by atoms with Crippen LogP contribution in [0.4, 0.5) is 5.69 Å². The summed E-state index contributed by atoms with van der Waals surface area (Å²) in [6.45, 7) is 4.13. The second-order valence-electron chi connectivity index (χ2n) is 8.10. The Morgan fingerprint density at radius 2 is 1.88 bits per heavy atom. The Morgan fingerprint density at radius 3 is 2.55 bits per heavy atom. The Balaban J connectivity index is 1.83. The number of sulfonamides is 1. The number of rotatable bonds is 9. The van der Waals surface area contributed by atoms with Crippen LogP contribution in [0.3, 0.4) is 0 Å². The topological polar surface area (TPSA) is 93.4 Å². The molecular weight excluding hydrogens is 458 g/mol. The van der Waals surface area contributed by atoms with Crippen LogP contribution < -0.4 is 10.0 Å². The minimum absolute atomic E-state index is 0.0232. The average molecular weight is 486 g/mol. The summed E-state index contributed by atoms with van der Waals surface area (Å²) in [5, 5.41) is 0.349. The molecule has 1 aromatic heterocycles. The molecule has 0 spiro atoms. The molecule has 6 nitrogen and oxygen atoms in total. The Morgan fingerprint density at radius 1 is 1.15 bits per heavy atom. The molecule has 174 valence electrons. The van der Waals surface area contributed by atoms with E-state index in [4.69, 9.17) is 17.3 Å². The molecule has 2 aromatic carbocycles. The number of aromatic nitrogens is 1. The fourth-order valence-corrected chi connectivity index (χ4v) is 5.34. The van der Waals surface area contributed by atoms with Crippen LogP contribution in [-0.2, 0) is 14.8 Å². The summed E-state index contributed by atoms with van der Waals surface area (Å²) in [6.07, 6.45) is 3.83. The van der Waals surface area contributed by atoms with E-state index in [2.05, 4.69) is 30.1 Å². The zero-order valence-electron chi connectivity index (χ0n) is 19.0. The van der Waals surface area contributed by atoms with Crippen molar-refractivity contribution >= 4 is 33.2 Å². The van der Waals surface area contributed by atoms with Crippen molar-refractivity contribution in [1.82, 2.24) is 4.98 Å². The second kappa shape index (κ2) is 10.4. The number of primary amides is 1. The van der Waals surface area contributed by atoms with Gasteiger partial charge in [0.1, 0.15) is 0 Å². The first-order valence-electron chi connectivity index (χ1n) is 10.7. The van der Waals surface area contributed by atoms with Crippen molar-refractivity contribution < 1.29 is 13.2 Å². The van der Waals surface area contributed by atoms with Gasteiger partial charge >= 0.3 is 0 Å². The molecule has 8 heteroatoms. The minimum atomic E-state index is -3.62. The zero-order valence-corrected chi connectivity index (χ0v) is 20.5. The minimum Gasteiger partial charge on any atom is -0.370 e. The van der Waals surface area contributed by atoms with E-state index in [1.807, 2.05) is 31.3 Å². The van der Waals surface area contributed by atoms with E-state index in [-0.39, 0.29) is 24.5 Å². The number of pyridine rings is 1. The third-order valence-corrected chi connectivity index (χ3v) is 7.91. The van der Waals surface area contributed by atoms with E-state index in [9.17, 15) is 13.2 Å². The summed E-state index contributed by atoms with van der Waals surface area (Å²) >= 11 is 6.51. The highest BCUT2D eigenvalue weighted by atomic mass is 35.5. The summed E-state index contributed by atoms with van der Waals surface area (Å²) in [4.78, 5) is 15.1. The predicted octanol–water partition coefficient (Wildman–Crippen LogP) is 4.89. The van der Waals surface area contributed by atoms with Crippen molar-refractivity contribution in [3.8, 4) is 11.1 Å². The number of amides is 1. The van der Waals surface area contributed by atoms with E-state index < -0.39 is 15.9 Å². The fourth-order valence-electron chi connectivity index (χ4n) is 3.73. The van der Waals surface area contributed by atoms with Gasteiger partial charge in [0.15, 0.2) is 0 Å². The van der Waals surface area contributed by atoms with E-state index in [1.165, 1.54) is 7.05 Å². The van der Waals surface area contributed by atoms with Gasteiger partial charge in [-0.05, 0) is 59.4 Å². The molecule has 1 amide bonds. The van der Waals surface area contributed by atoms with Gasteiger partial charge in [0.2, 0.25) is 15.9 Å². The van der Waals surface area contributed by atoms with Crippen LogP contribution in [0.2, 0.25) is 5.02 Å². The monoisotopic (exact) mass is 485 g/mol. The highest BCUT2D eigenvalue weighted by Gasteiger charge is 2.21. The van der Waals surface area contributed by atoms with Crippen LogP contribution in [0.1, 0.15) is 42.4 Å². The maximum Gasteiger partial charge on any atom is 0.234 e. The SMILES string of the molecule is Cc1cnccc1-c1cccc([C@H](C)c2ccc(N(C)S(=O)(=O)CCCC(N)=O)c(Cl)c2)c1. The summed E-state index contributed by atoms with van der Waals surface area (Å²) in [7, 11) is -2.16. The van der Waals surface area contributed by atoms with Gasteiger partial charge in [0, 0.05) is 31.8 Å². The zero-order chi connectivity index (χ0) is 24.2. The van der Waals surface area contributed by atoms with Crippen LogP contribution in [0.15, 0.2) is 60.9 Å². The smallest absolute Gasteiger partial charge is 0.234 e. The fraction of sp³-hybridized carbons (Fsp3) is 0.280. The number of halogens is 1. The predicted molar refractivity (Wildman–Crippen MR) is 134 cm³/mol. The number of hydrogen-bond acceptors (Lipinski definition) is 4. The van der Waals surface area contributed by atoms with Gasteiger partial charge in [-0.1, -0.05) is 48.9 Å². The molecule has 2 N–H and O–H groups in total. The molecule has 0 unspecified atom stereocenters. The molecule has 1 atom stereocenters. The van der Waals surface area contributed by atoms with Gasteiger partial charge in [-0.2, -0.15) is 0 Å². The maximum atomic E-state index is 12.6. The average Bonchev–Trinajstić information content (AvgIpc) is 2.78. The third kappa shape index (κ3) is 5.92. The van der Waals surface area contributed by atoms with Gasteiger partial charge in [-0.15, -0.1) is 0 Å². The summed E-state index contributed by atoms with van der Waals surface area (Å²) < 4.78 is 26.4. The molecule has 1 heterocycles. The van der Waals surface area contributed by atoms with E-state index in [1.54, 1.807) is 18.3 Å². The molecule has 3 aromatic rings. The van der Waals surface area contributed by atoms with Crippen molar-refractivity contribution in [2.75, 3.05) is 17.1 Å². The quantitative estimate of drug-likeness (QED) is 0.466. The maximum absolute atomic E-state index is 12.6. The largest absolute Gasteiger partial charge is 0.370 e. The van der Waals surface area contributed by atoms with E-state index in [0.29, 0.717) is 10.7 Å². The Hall–Kier alpha value is -2.90. The van der Waals surface area contributed by atoms with Crippen molar-refractivity contribution in [2.45, 2.75) is 32.6 Å². The lowest BCUT2D eigenvalue weighted by Crippen LogP contribution is -2.29. The second-order valence-corrected chi connectivity index (χ2v) is 10.6. The number of carbonyl (C=O) groups is 1. The van der Waals surface area contributed by atoms with Crippen LogP contribution in [-0.4, -0.2) is 32.1 Å². The van der Waals surface area contributed by atoms with Crippen LogP contribution in [0, 0.1) is 6.92 Å². The lowest BCUT2D eigenvalue weighted by molar-refractivity contribution is -0.118. The Bertz CT molecular complexity index is 1260. The Labute approximate surface area is 200 Å². The number of anilines is 1. The molecular formula is C25H28ClN3O3S. The van der Waals surface area contributed by atoms with Crippen molar-refractivity contribution in [1.29, 1.82) is 0 Å². The highest BCUT2D eigenvalue weighted by molar-refractivity contribution is 7.92. The standard InChI is InChI=1S/C25H28ClN3O3S/c1-17-16-28-12-11-22(17)21-7-4-6-19(14-21)18(2)20-9-10-24(23(26)15-20)29(3)33(31,32)13-5-8-25(27)30/h4,6-7,9-12,14-16,18H,5,8,13H2,1-3H3,(H2,27,30)/t18-/m0/s1. The summed E-state index contributed by atoms with van der Waals surface area (Å²) in [6, 6.07) is 15.8. The lowest BCUT2D eigenvalue weighted by Gasteiger charge is -2.22. The first-order chi connectivity index (χ1) is 15.6. The third-order valence-electron chi connectivity index (χ3n) is 5.77. The van der Waals surface area contributed by atoms with Gasteiger partial charge in [0.25, 0.3) is 0 Å². The number of hydrogen-bond donors (Lipinski definition) is 1. The lowest BCUT2D eigenvalue weighted by atomic mass is 9.90. The van der Waals surface area contributed by atoms with Crippen molar-refractivity contribution in [3.63, 3.8) is 0 Å². The highest BCUT2D eigenvalue weighted by Crippen LogP contribution is 2.34. The number of aryl methyl sites for hydroxylation is 1. The van der Waals surface area contributed by atoms with Crippen LogP contribution >= 0.6 is 11.6 Å². The van der Waals surface area contributed by atoms with Gasteiger partial charge in [-0.25, -0.2) is 8.42 Å². The first kappa shape index (κ1) is 24.7. The molecule has 0 aliphatic heterocycles. The molecule has 0 bridgehead atoms. The van der Waals surface area contributed by atoms with Gasteiger partial charge in [-0.3, -0.25) is 14.1 Å². The number of nitrogens with two attached hydrogens (primary N) is 1. The number of carbonyl (C=O) groups excluding carboxylic acids is 1. The molecule has 0 radical (unpaired) electrons. The van der Waals surface area contributed by atoms with E-state index >= 15 is 0 Å². The van der Waals surface area contributed by atoms with Gasteiger partial charge < -0.3 is 5.73 Å². The van der Waals surface area contributed by atoms with Crippen molar-refractivity contribution in [2.24, 2.45) is 5.73 Å². The molecule has 0 aliphatic carbocycles. The molecule has 0 fully saturated rings. The molecule has 0 saturated heterocycles.